The Bertz CT molecular complexity index is 7940. The Balaban J connectivity index is 0.000000143. The topological polar surface area (TPSA) is 332 Å². The molecule has 141 heavy (non-hydrogen) atoms. The molecule has 1 aliphatic heterocycles. The lowest BCUT2D eigenvalue weighted by atomic mass is 10.0. The summed E-state index contributed by atoms with van der Waals surface area (Å²) >= 11 is 14.3. The number of aryl methyl sites for hydroxylation is 15. The zero-order chi connectivity index (χ0) is 102. The average Bonchev–Trinajstić information content (AvgIpc) is 1.61. The fourth-order valence-corrected chi connectivity index (χ4v) is 20.7. The van der Waals surface area contributed by atoms with E-state index in [2.05, 4.69) is 269 Å². The first kappa shape index (κ1) is 107. The van der Waals surface area contributed by atoms with Crippen molar-refractivity contribution in [1.82, 2.24) is 55.8 Å². The molecule has 1 amide bonds. The van der Waals surface area contributed by atoms with Gasteiger partial charge < -0.3 is 54.2 Å². The summed E-state index contributed by atoms with van der Waals surface area (Å²) in [5.74, 6) is 0.0562. The molecule has 0 aliphatic carbocycles. The number of aromatic carboxylic acids is 1. The van der Waals surface area contributed by atoms with Gasteiger partial charge in [0.2, 0.25) is 0 Å². The second-order valence-corrected chi connectivity index (χ2v) is 41.8. The lowest BCUT2D eigenvalue weighted by Crippen LogP contribution is -2.34. The molecule has 1 aliphatic rings. The summed E-state index contributed by atoms with van der Waals surface area (Å²) in [7, 11) is 3.89. The highest BCUT2D eigenvalue weighted by Crippen LogP contribution is 2.44. The van der Waals surface area contributed by atoms with Crippen LogP contribution in [-0.4, -0.2) is 127 Å². The number of aromatic nitrogens is 8. The molecule has 0 spiro atoms. The molecule has 13 N–H and O–H groups in total. The number of anilines is 4. The van der Waals surface area contributed by atoms with Gasteiger partial charge in [0.15, 0.2) is 0 Å². The number of amides is 1. The number of nitrogens with zero attached hydrogens (tertiary/aromatic N) is 9. The Hall–Kier alpha value is -12.8. The number of hydrogen-bond acceptors (Lipinski definition) is 24. The van der Waals surface area contributed by atoms with E-state index in [1.165, 1.54) is 94.9 Å². The number of halogens is 1. The monoisotopic (exact) mass is 2030 g/mol. The van der Waals surface area contributed by atoms with Gasteiger partial charge in [-0.2, -0.15) is 17.9 Å². The van der Waals surface area contributed by atoms with Crippen LogP contribution in [0.4, 0.5) is 22.7 Å². The number of thiophene rings is 4. The number of pyridine rings is 8. The highest BCUT2D eigenvalue weighted by atomic mass is 79.9. The number of thiol groups is 1. The molecule has 20 aromatic rings. The third-order valence-electron chi connectivity index (χ3n) is 23.8. The van der Waals surface area contributed by atoms with Gasteiger partial charge in [0.05, 0.1) is 78.0 Å². The summed E-state index contributed by atoms with van der Waals surface area (Å²) in [6.45, 7) is 43.6. The number of benzene rings is 8. The molecule has 27 heteroatoms. The highest BCUT2D eigenvalue weighted by Gasteiger charge is 2.26. The molecule has 0 fully saturated rings. The second kappa shape index (κ2) is 49.0. The van der Waals surface area contributed by atoms with E-state index in [1.54, 1.807) is 24.3 Å². The van der Waals surface area contributed by atoms with Crippen LogP contribution in [0.2, 0.25) is 0 Å². The Kier molecular flexibility index (Phi) is 37.2. The van der Waals surface area contributed by atoms with Crippen molar-refractivity contribution in [3.8, 4) is 6.07 Å². The van der Waals surface area contributed by atoms with Crippen LogP contribution >= 0.6 is 73.9 Å². The van der Waals surface area contributed by atoms with Crippen molar-refractivity contribution in [3.63, 3.8) is 0 Å². The number of hydrogen-bond donors (Lipinski definition) is 11. The smallest absolute Gasteiger partial charge is 0.336 e. The van der Waals surface area contributed by atoms with Gasteiger partial charge in [-0.3, -0.25) is 44.7 Å². The molecule has 0 saturated heterocycles. The Labute approximate surface area is 856 Å². The van der Waals surface area contributed by atoms with Crippen molar-refractivity contribution in [2.45, 2.75) is 163 Å². The Morgan fingerprint density at radius 2 is 0.837 bits per heavy atom. The van der Waals surface area contributed by atoms with E-state index in [0.717, 1.165) is 191 Å². The fraction of sp³-hybridized carbons (Fsp3) is 0.272. The summed E-state index contributed by atoms with van der Waals surface area (Å²) in [5, 5.41) is 51.6. The number of likely N-dealkylation sites (N-methyl/N-ethyl adjacent to an activating group) is 2. The van der Waals surface area contributed by atoms with Crippen LogP contribution in [0.25, 0.3) is 128 Å². The maximum Gasteiger partial charge on any atom is 0.336 e. The largest absolute Gasteiger partial charge is 0.478 e. The number of nitrogen functional groups attached to an aromatic ring is 1. The molecule has 8 aromatic carbocycles. The van der Waals surface area contributed by atoms with Crippen molar-refractivity contribution < 1.29 is 14.7 Å². The number of carboxylic acids is 1. The molecule has 12 aromatic heterocycles. The maximum atomic E-state index is 12.3. The van der Waals surface area contributed by atoms with Crippen molar-refractivity contribution >= 4 is 236 Å². The minimum Gasteiger partial charge on any atom is -0.478 e. The summed E-state index contributed by atoms with van der Waals surface area (Å²) in [6.07, 6.45) is 0. The van der Waals surface area contributed by atoms with Crippen molar-refractivity contribution in [2.75, 3.05) is 67.7 Å². The van der Waals surface area contributed by atoms with Gasteiger partial charge in [-0.1, -0.05) is 73.2 Å². The van der Waals surface area contributed by atoms with Gasteiger partial charge in [-0.15, -0.1) is 45.3 Å². The van der Waals surface area contributed by atoms with E-state index in [9.17, 15) is 9.59 Å². The first-order chi connectivity index (χ1) is 67.4. The van der Waals surface area contributed by atoms with E-state index in [4.69, 9.17) is 27.6 Å². The number of carbonyl (C=O) groups excluding carboxylic acids is 1. The van der Waals surface area contributed by atoms with Gasteiger partial charge in [-0.25, -0.2) is 4.79 Å². The summed E-state index contributed by atoms with van der Waals surface area (Å²) < 4.78 is 6.14. The van der Waals surface area contributed by atoms with Gasteiger partial charge in [-0.05, 0) is 324 Å². The van der Waals surface area contributed by atoms with Gasteiger partial charge in [0, 0.05) is 198 Å². The first-order valence-corrected chi connectivity index (χ1v) is 51.8. The van der Waals surface area contributed by atoms with Crippen LogP contribution in [0.1, 0.15) is 143 Å². The van der Waals surface area contributed by atoms with Gasteiger partial charge in [0.25, 0.3) is 5.91 Å². The minimum atomic E-state index is -0.899. The summed E-state index contributed by atoms with van der Waals surface area (Å²) in [5.41, 5.74) is 43.0. The van der Waals surface area contributed by atoms with E-state index < -0.39 is 5.97 Å². The van der Waals surface area contributed by atoms with Crippen LogP contribution in [0, 0.1) is 115 Å². The van der Waals surface area contributed by atoms with Gasteiger partial charge in [0.1, 0.15) is 10.9 Å². The first-order valence-electron chi connectivity index (χ1n) is 47.1. The van der Waals surface area contributed by atoms with E-state index in [0.29, 0.717) is 23.0 Å². The predicted octanol–water partition coefficient (Wildman–Crippen LogP) is 27.1. The van der Waals surface area contributed by atoms with Crippen LogP contribution in [-0.2, 0) is 0 Å². The van der Waals surface area contributed by atoms with E-state index in [1.807, 2.05) is 200 Å². The third-order valence-corrected chi connectivity index (χ3v) is 29.2. The zero-order valence-corrected chi connectivity index (χ0v) is 90.1. The molecular formula is C114H127BrN18O3S5. The van der Waals surface area contributed by atoms with Crippen molar-refractivity contribution in [1.29, 1.82) is 5.26 Å². The van der Waals surface area contributed by atoms with Crippen LogP contribution < -0.4 is 49.1 Å². The normalized spacial score (nSPS) is 12.5. The zero-order valence-electron chi connectivity index (χ0n) is 84.4. The second-order valence-electron chi connectivity index (χ2n) is 35.5. The molecule has 4 unspecified atom stereocenters. The Morgan fingerprint density at radius 3 is 1.28 bits per heavy atom. The Morgan fingerprint density at radius 1 is 0.475 bits per heavy atom. The summed E-state index contributed by atoms with van der Waals surface area (Å²) in [6, 6.07) is 70.9. The molecule has 13 heterocycles. The van der Waals surface area contributed by atoms with Crippen molar-refractivity contribution in [2.24, 2.45) is 11.5 Å². The number of nitriles is 1. The molecule has 21 nitrogen and oxygen atoms in total. The van der Waals surface area contributed by atoms with Crippen LogP contribution in [0.5, 0.6) is 0 Å². The number of nitrogens with one attached hydrogen (secondary N) is 6. The van der Waals surface area contributed by atoms with E-state index in [-0.39, 0.29) is 18.0 Å². The SMILES string of the molecule is CCS.CNC(C)CN.CNC(C)CNc1c(C)sc2ccc3nc(C)ccc3c12.Cc1ccc2c(Br)c(C)ccc2n1.Cc1ccc2c(C#N)c(C)ccc2n1.Cc1ccc2c(C(=O)O)c(C)ccc2n1.Cc1ccc2c(ccc3sc(C)c(N)c32)n1.Cc1ccc2c(ccc3sc(C)c(NCC(C)N)c32)n1.Cc1ccc2c(ccc3sc4c(c32)NCC(C)NC4=O)n1.Cc1ccc2nc(C)ccc2c1. The molecule has 0 saturated carbocycles. The van der Waals surface area contributed by atoms with Crippen LogP contribution in [0.15, 0.2) is 205 Å². The molecule has 0 radical (unpaired) electrons. The number of fused-ring (bicyclic) bond motifs is 18. The molecule has 728 valence electrons. The molecule has 0 bridgehead atoms. The quantitative estimate of drug-likeness (QED) is 0.0567. The summed E-state index contributed by atoms with van der Waals surface area (Å²) in [4.78, 5) is 63.9. The highest BCUT2D eigenvalue weighted by molar-refractivity contribution is 9.10. The minimum absolute atomic E-state index is 0.0110. The number of carboxylic acid groups (broad SMARTS) is 1. The molecular weight excluding hydrogens is 1910 g/mol. The van der Waals surface area contributed by atoms with Crippen LogP contribution in [0.3, 0.4) is 0 Å². The fourth-order valence-electron chi connectivity index (χ4n) is 16.1. The van der Waals surface area contributed by atoms with Gasteiger partial charge >= 0.3 is 5.97 Å². The lowest BCUT2D eigenvalue weighted by Gasteiger charge is -2.13. The maximum absolute atomic E-state index is 12.3. The van der Waals surface area contributed by atoms with Crippen molar-refractivity contribution in [3.05, 3.63) is 303 Å². The predicted molar refractivity (Wildman–Crippen MR) is 612 cm³/mol. The molecule has 21 rings (SSSR count). The standard InChI is InChI=1S/C17H21N3S.C16H15N3OS.C16H19N3S.C13H12N2S.C12H10N2.C12H11NO2.C11H10BrN.C11H11N.C4H12N2.C2H6S/c1-10-5-6-13-14(20-10)7-8-15-16(13)17(12(3)21-15)19-9-11(2)18-4;1-8-3-4-10-11(18-8)5-6-12-13(10)14-15(21-12)16(20)19-9(2)7-17-14;1-9(17)8-18-16-11(3)20-14-7-6-13-12(15(14)16)5-4-10(2)19-13;1-7-3-4-9-10(15-7)5-6-11-12(9)13(14)8(2)16-11;1-8-3-6-12-10(11(8)7-13)5-4-9(2)14-12;1-7-3-6-10-9(11(7)12(14)15)5-4-8(2)13-10;1-7-3-6-10-9(11(7)12)5-4-8(2)13-10;1-8-3-6-11-10(7-8)5-4-9(2)12-11;1-4(3-5)6-2;1-2-3/h5-8,11,18-19H,9H2,1-4H3;3-6,9,17H,7H2,1-2H3,(H,19,20);4-7,9,18H,8,17H2,1-3H3;3-6H,14H2,1-2H3;3-6H,1-2H3;3-6H,1-2H3,(H,14,15);3-6H,1-2H3;3-7H,1-2H3;4,6H,3,5H2,1-2H3;3H,2H2,1H3. The number of nitrogens with two attached hydrogens (primary N) is 3. The molecule has 4 atom stereocenters. The average molecular weight is 2040 g/mol. The third kappa shape index (κ3) is 26.5. The lowest BCUT2D eigenvalue weighted by molar-refractivity contribution is 0.0697. The number of rotatable bonds is 10. The van der Waals surface area contributed by atoms with E-state index >= 15 is 0 Å². The number of carbonyl (C=O) groups is 2.